The lowest BCUT2D eigenvalue weighted by Gasteiger charge is -2.35. The SMILES string of the molecule is CC(C)(C)OC(=O)COC1CCN(C(=O)C2CC(S)CN2S(=O)(=O)c2ccc3ccccc3c2)CC1. The van der Waals surface area contributed by atoms with Gasteiger partial charge in [0.15, 0.2) is 0 Å². The van der Waals surface area contributed by atoms with Crippen molar-refractivity contribution in [2.24, 2.45) is 0 Å². The summed E-state index contributed by atoms with van der Waals surface area (Å²) in [7, 11) is -3.88. The second kappa shape index (κ2) is 10.7. The zero-order valence-corrected chi connectivity index (χ0v) is 22.6. The first-order chi connectivity index (χ1) is 16.9. The molecule has 36 heavy (non-hydrogen) atoms. The maximum absolute atomic E-state index is 13.6. The number of hydrogen-bond acceptors (Lipinski definition) is 7. The Morgan fingerprint density at radius 2 is 1.72 bits per heavy atom. The minimum Gasteiger partial charge on any atom is -0.458 e. The average molecular weight is 535 g/mol. The highest BCUT2D eigenvalue weighted by molar-refractivity contribution is 7.89. The molecule has 4 rings (SSSR count). The van der Waals surface area contributed by atoms with E-state index in [4.69, 9.17) is 9.47 Å². The highest BCUT2D eigenvalue weighted by Gasteiger charge is 2.44. The zero-order valence-electron chi connectivity index (χ0n) is 20.9. The van der Waals surface area contributed by atoms with Crippen molar-refractivity contribution in [1.82, 2.24) is 9.21 Å². The lowest BCUT2D eigenvalue weighted by atomic mass is 10.1. The molecule has 1 amide bonds. The predicted molar refractivity (Wildman–Crippen MR) is 140 cm³/mol. The van der Waals surface area contributed by atoms with E-state index in [2.05, 4.69) is 12.6 Å². The van der Waals surface area contributed by atoms with Crippen LogP contribution in [0.1, 0.15) is 40.0 Å². The number of sulfonamides is 1. The first-order valence-corrected chi connectivity index (χ1v) is 14.2. The van der Waals surface area contributed by atoms with Gasteiger partial charge in [-0.2, -0.15) is 16.9 Å². The van der Waals surface area contributed by atoms with E-state index < -0.39 is 27.6 Å². The minimum absolute atomic E-state index is 0.127. The Morgan fingerprint density at radius 1 is 1.06 bits per heavy atom. The third-order valence-corrected chi connectivity index (χ3v) is 8.70. The van der Waals surface area contributed by atoms with Crippen LogP contribution in [-0.2, 0) is 29.1 Å². The quantitative estimate of drug-likeness (QED) is 0.452. The first-order valence-electron chi connectivity index (χ1n) is 12.2. The van der Waals surface area contributed by atoms with Crippen molar-refractivity contribution in [2.45, 2.75) is 67.9 Å². The van der Waals surface area contributed by atoms with E-state index in [1.165, 1.54) is 4.31 Å². The van der Waals surface area contributed by atoms with Crippen molar-refractivity contribution in [2.75, 3.05) is 26.2 Å². The number of ether oxygens (including phenoxy) is 2. The Balaban J connectivity index is 1.40. The summed E-state index contributed by atoms with van der Waals surface area (Å²) in [6, 6.07) is 11.8. The van der Waals surface area contributed by atoms with Crippen molar-refractivity contribution >= 4 is 45.3 Å². The Kier molecular flexibility index (Phi) is 7.99. The molecule has 2 unspecified atom stereocenters. The predicted octanol–water partition coefficient (Wildman–Crippen LogP) is 3.25. The molecule has 0 radical (unpaired) electrons. The van der Waals surface area contributed by atoms with E-state index >= 15 is 0 Å². The number of rotatable bonds is 6. The van der Waals surface area contributed by atoms with E-state index in [0.29, 0.717) is 32.4 Å². The fourth-order valence-corrected chi connectivity index (χ4v) is 6.91. The van der Waals surface area contributed by atoms with Crippen LogP contribution in [-0.4, -0.2) is 78.7 Å². The first kappa shape index (κ1) is 26.9. The van der Waals surface area contributed by atoms with Crippen molar-refractivity contribution < 1.29 is 27.5 Å². The van der Waals surface area contributed by atoms with Crippen LogP contribution in [0.15, 0.2) is 47.4 Å². The molecule has 2 heterocycles. The number of piperidine rings is 1. The number of hydrogen-bond donors (Lipinski definition) is 1. The lowest BCUT2D eigenvalue weighted by Crippen LogP contribution is -2.50. The number of benzene rings is 2. The third kappa shape index (κ3) is 6.22. The molecule has 0 saturated carbocycles. The molecule has 2 aromatic carbocycles. The summed E-state index contributed by atoms with van der Waals surface area (Å²) >= 11 is 4.52. The van der Waals surface area contributed by atoms with Crippen LogP contribution in [0.25, 0.3) is 10.8 Å². The summed E-state index contributed by atoms with van der Waals surface area (Å²) in [5.74, 6) is -0.622. The summed E-state index contributed by atoms with van der Waals surface area (Å²) in [5, 5.41) is 1.56. The van der Waals surface area contributed by atoms with Crippen LogP contribution in [0.3, 0.4) is 0 Å². The molecule has 0 aliphatic carbocycles. The Labute approximate surface area is 218 Å². The number of fused-ring (bicyclic) bond motifs is 1. The summed E-state index contributed by atoms with van der Waals surface area (Å²) in [6.45, 7) is 6.34. The molecule has 196 valence electrons. The molecule has 8 nitrogen and oxygen atoms in total. The van der Waals surface area contributed by atoms with Gasteiger partial charge in [0.1, 0.15) is 18.2 Å². The fourth-order valence-electron chi connectivity index (χ4n) is 4.75. The lowest BCUT2D eigenvalue weighted by molar-refractivity contribution is -0.163. The molecule has 0 aromatic heterocycles. The molecule has 2 fully saturated rings. The van der Waals surface area contributed by atoms with Gasteiger partial charge in [0.05, 0.1) is 11.0 Å². The number of carbonyl (C=O) groups is 2. The van der Waals surface area contributed by atoms with Crippen LogP contribution >= 0.6 is 12.6 Å². The second-order valence-corrected chi connectivity index (χ2v) is 13.0. The van der Waals surface area contributed by atoms with Crippen LogP contribution in [0.4, 0.5) is 0 Å². The van der Waals surface area contributed by atoms with Crippen molar-refractivity contribution in [3.8, 4) is 0 Å². The monoisotopic (exact) mass is 534 g/mol. The molecule has 2 saturated heterocycles. The summed E-state index contributed by atoms with van der Waals surface area (Å²) in [6.07, 6.45) is 1.36. The zero-order chi connectivity index (χ0) is 26.1. The molecule has 0 N–H and O–H groups in total. The maximum atomic E-state index is 13.6. The molecule has 2 aliphatic rings. The second-order valence-electron chi connectivity index (χ2n) is 10.4. The standard InChI is InChI=1S/C26H34N2O6S2/c1-26(2,3)34-24(29)17-33-20-10-12-27(13-11-20)25(30)23-15-21(35)16-28(23)36(31,32)22-9-8-18-6-4-5-7-19(18)14-22/h4-9,14,20-21,23,35H,10-13,15-17H2,1-3H3. The van der Waals surface area contributed by atoms with Gasteiger partial charge in [-0.3, -0.25) is 4.79 Å². The number of thiol groups is 1. The average Bonchev–Trinajstić information content (AvgIpc) is 3.24. The van der Waals surface area contributed by atoms with Crippen molar-refractivity contribution in [3.05, 3.63) is 42.5 Å². The number of likely N-dealkylation sites (tertiary alicyclic amines) is 1. The Morgan fingerprint density at radius 3 is 2.39 bits per heavy atom. The van der Waals surface area contributed by atoms with E-state index in [-0.39, 0.29) is 35.3 Å². The van der Waals surface area contributed by atoms with Crippen molar-refractivity contribution in [1.29, 1.82) is 0 Å². The molecule has 0 spiro atoms. The van der Waals surface area contributed by atoms with Crippen LogP contribution in [0.5, 0.6) is 0 Å². The number of nitrogens with zero attached hydrogens (tertiary/aromatic N) is 2. The van der Waals surface area contributed by atoms with E-state index in [1.807, 2.05) is 24.3 Å². The maximum Gasteiger partial charge on any atom is 0.332 e. The molecular weight excluding hydrogens is 500 g/mol. The van der Waals surface area contributed by atoms with Gasteiger partial charge < -0.3 is 14.4 Å². The van der Waals surface area contributed by atoms with E-state index in [0.717, 1.165) is 10.8 Å². The summed E-state index contributed by atoms with van der Waals surface area (Å²) in [5.41, 5.74) is -0.568. The van der Waals surface area contributed by atoms with Gasteiger partial charge >= 0.3 is 5.97 Å². The third-order valence-electron chi connectivity index (χ3n) is 6.46. The summed E-state index contributed by atoms with van der Waals surface area (Å²) < 4.78 is 39.4. The Bertz CT molecular complexity index is 1220. The molecule has 0 bridgehead atoms. The van der Waals surface area contributed by atoms with Gasteiger partial charge in [-0.05, 0) is 62.9 Å². The fraction of sp³-hybridized carbons (Fsp3) is 0.538. The van der Waals surface area contributed by atoms with Gasteiger partial charge in [0.25, 0.3) is 0 Å². The normalized spacial score (nSPS) is 22.2. The Hall–Kier alpha value is -2.14. The highest BCUT2D eigenvalue weighted by Crippen LogP contribution is 2.32. The van der Waals surface area contributed by atoms with E-state index in [9.17, 15) is 18.0 Å². The molecule has 2 aromatic rings. The van der Waals surface area contributed by atoms with Crippen LogP contribution < -0.4 is 0 Å². The topological polar surface area (TPSA) is 93.2 Å². The van der Waals surface area contributed by atoms with Gasteiger partial charge in [-0.1, -0.05) is 30.3 Å². The van der Waals surface area contributed by atoms with Crippen LogP contribution in [0.2, 0.25) is 0 Å². The number of esters is 1. The summed E-state index contributed by atoms with van der Waals surface area (Å²) in [4.78, 5) is 27.2. The van der Waals surface area contributed by atoms with Crippen molar-refractivity contribution in [3.63, 3.8) is 0 Å². The smallest absolute Gasteiger partial charge is 0.332 e. The van der Waals surface area contributed by atoms with Crippen LogP contribution in [0, 0.1) is 0 Å². The van der Waals surface area contributed by atoms with Gasteiger partial charge in [0, 0.05) is 24.9 Å². The largest absolute Gasteiger partial charge is 0.458 e. The van der Waals surface area contributed by atoms with Gasteiger partial charge in [0.2, 0.25) is 15.9 Å². The van der Waals surface area contributed by atoms with Gasteiger partial charge in [-0.25, -0.2) is 13.2 Å². The number of carbonyl (C=O) groups excluding carboxylic acids is 2. The van der Waals surface area contributed by atoms with E-state index in [1.54, 1.807) is 43.9 Å². The molecule has 10 heteroatoms. The molecule has 2 atom stereocenters. The molecule has 2 aliphatic heterocycles. The number of amides is 1. The van der Waals surface area contributed by atoms with Gasteiger partial charge in [-0.15, -0.1) is 0 Å². The minimum atomic E-state index is -3.88. The highest BCUT2D eigenvalue weighted by atomic mass is 32.2. The molecular formula is C26H34N2O6S2.